The van der Waals surface area contributed by atoms with Gasteiger partial charge in [0.15, 0.2) is 12.3 Å². The van der Waals surface area contributed by atoms with Crippen molar-refractivity contribution in [3.63, 3.8) is 0 Å². The van der Waals surface area contributed by atoms with Gasteiger partial charge < -0.3 is 52.4 Å². The summed E-state index contributed by atoms with van der Waals surface area (Å²) in [6, 6.07) is 2.12. The van der Waals surface area contributed by atoms with Crippen LogP contribution in [0, 0.1) is 5.92 Å². The monoisotopic (exact) mass is 568 g/mol. The summed E-state index contributed by atoms with van der Waals surface area (Å²) in [5.41, 5.74) is 5.97. The maximum absolute atomic E-state index is 13.1. The lowest BCUT2D eigenvalue weighted by Gasteiger charge is -2.27. The Labute approximate surface area is 232 Å². The first-order valence-electron chi connectivity index (χ1n) is 12.7. The highest BCUT2D eigenvalue weighted by atomic mass is 16.6. The number of urea groups is 1. The summed E-state index contributed by atoms with van der Waals surface area (Å²) in [4.78, 5) is 59.7. The Morgan fingerprint density at radius 2 is 1.55 bits per heavy atom. The highest BCUT2D eigenvalue weighted by Crippen LogP contribution is 2.13. The number of rotatable bonds is 16. The molecule has 0 aromatic heterocycles. The van der Waals surface area contributed by atoms with E-state index in [0.717, 1.165) is 0 Å². The zero-order chi connectivity index (χ0) is 30.4. The minimum absolute atomic E-state index is 0.0387. The zero-order valence-electron chi connectivity index (χ0n) is 23.0. The third-order valence-electron chi connectivity index (χ3n) is 5.49. The maximum Gasteiger partial charge on any atom is 0.408 e. The maximum atomic E-state index is 13.1. The van der Waals surface area contributed by atoms with Crippen molar-refractivity contribution < 1.29 is 44.0 Å². The fraction of sp³-hybridized carbons (Fsp3) is 0.560. The molecule has 1 aromatic carbocycles. The molecule has 1 aromatic rings. The molecule has 0 aliphatic carbocycles. The average Bonchev–Trinajstić information content (AvgIpc) is 2.86. The number of carboxylic acid groups (broad SMARTS) is 1. The number of anilines is 1. The predicted octanol–water partition coefficient (Wildman–Crippen LogP) is -0.429. The van der Waals surface area contributed by atoms with Crippen LogP contribution in [0.15, 0.2) is 24.3 Å². The molecule has 15 nitrogen and oxygen atoms in total. The lowest BCUT2D eigenvalue weighted by Crippen LogP contribution is -2.54. The summed E-state index contributed by atoms with van der Waals surface area (Å²) in [5.74, 6) is -2.51. The number of aliphatic hydroxyl groups excluding tert-OH is 1. The Bertz CT molecular complexity index is 1000. The molecular formula is C25H40N6O9. The van der Waals surface area contributed by atoms with Crippen molar-refractivity contribution in [2.75, 3.05) is 11.9 Å². The van der Waals surface area contributed by atoms with Gasteiger partial charge in [0.25, 0.3) is 0 Å². The van der Waals surface area contributed by atoms with Gasteiger partial charge in [-0.25, -0.2) is 14.4 Å². The second-order valence-electron chi connectivity index (χ2n) is 9.67. The number of alkyl carbamates (subject to hydrolysis) is 1. The number of carbonyl (C=O) groups excluding carboxylic acids is 4. The van der Waals surface area contributed by atoms with E-state index in [9.17, 15) is 24.0 Å². The molecule has 40 heavy (non-hydrogen) atoms. The third kappa shape index (κ3) is 12.7. The molecule has 5 amide bonds. The molecule has 0 spiro atoms. The number of hydrogen-bond donors (Lipinski definition) is 9. The number of carboxylic acids is 1. The number of aliphatic carboxylic acids is 1. The fourth-order valence-electron chi connectivity index (χ4n) is 3.47. The normalized spacial score (nSPS) is 13.3. The van der Waals surface area contributed by atoms with Gasteiger partial charge in [-0.3, -0.25) is 9.59 Å². The lowest BCUT2D eigenvalue weighted by molar-refractivity contribution is -0.151. The third-order valence-corrected chi connectivity index (χ3v) is 5.49. The first-order valence-corrected chi connectivity index (χ1v) is 12.7. The molecule has 0 saturated carbocycles. The van der Waals surface area contributed by atoms with Crippen molar-refractivity contribution in [3.05, 3.63) is 29.8 Å². The van der Waals surface area contributed by atoms with Crippen molar-refractivity contribution in [1.29, 1.82) is 0 Å². The van der Waals surface area contributed by atoms with Crippen LogP contribution in [0.5, 0.6) is 0 Å². The molecule has 0 saturated heterocycles. The van der Waals surface area contributed by atoms with Gasteiger partial charge in [0.1, 0.15) is 12.6 Å². The predicted molar refractivity (Wildman–Crippen MR) is 144 cm³/mol. The Hall–Kier alpha value is -3.95. The fourth-order valence-corrected chi connectivity index (χ4v) is 3.47. The van der Waals surface area contributed by atoms with Crippen LogP contribution in [0.4, 0.5) is 15.3 Å². The minimum Gasteiger partial charge on any atom is -0.480 e. The number of amides is 5. The first-order chi connectivity index (χ1) is 18.7. The van der Waals surface area contributed by atoms with E-state index in [-0.39, 0.29) is 37.4 Å². The van der Waals surface area contributed by atoms with Gasteiger partial charge in [-0.2, -0.15) is 0 Å². The van der Waals surface area contributed by atoms with Gasteiger partial charge in [-0.1, -0.05) is 39.8 Å². The van der Waals surface area contributed by atoms with Crippen molar-refractivity contribution >= 4 is 35.6 Å². The summed E-state index contributed by atoms with van der Waals surface area (Å²) in [6.07, 6.45) is -2.89. The Balaban J connectivity index is 2.83. The van der Waals surface area contributed by atoms with Gasteiger partial charge in [0.05, 0.1) is 6.04 Å². The Kier molecular flexibility index (Phi) is 14.4. The van der Waals surface area contributed by atoms with E-state index in [4.69, 9.17) is 25.8 Å². The molecule has 224 valence electrons. The topological polar surface area (TPSA) is 241 Å². The number of nitrogens with two attached hydrogens (primary N) is 1. The van der Waals surface area contributed by atoms with Crippen molar-refractivity contribution in [1.82, 2.24) is 21.3 Å². The van der Waals surface area contributed by atoms with Gasteiger partial charge in [0.2, 0.25) is 11.8 Å². The summed E-state index contributed by atoms with van der Waals surface area (Å²) in [5, 5.41) is 39.8. The Morgan fingerprint density at radius 3 is 2.05 bits per heavy atom. The van der Waals surface area contributed by atoms with Gasteiger partial charge in [-0.05, 0) is 36.5 Å². The molecule has 15 heteroatoms. The molecule has 0 fully saturated rings. The standard InChI is InChI=1S/C25H40N6O9/c1-13(2)18(28-14(3)4)21(33)30-17(6-5-11-27-24(26)38)20(32)29-16-9-7-15(8-10-16)12-40-25(39)31-19(22(34)35)23(36)37/h7-10,13-14,17-19,22,28,34-35H,5-6,11-12H2,1-4H3,(H,29,32)(H,30,33)(H,31,39)(H,36,37)(H3,26,27,38)/t17-,18-,19?/m0/s1. The van der Waals surface area contributed by atoms with E-state index < -0.39 is 48.4 Å². The van der Waals surface area contributed by atoms with Crippen LogP contribution in [0.25, 0.3) is 0 Å². The van der Waals surface area contributed by atoms with Crippen molar-refractivity contribution in [2.24, 2.45) is 11.7 Å². The molecule has 0 heterocycles. The molecule has 1 rings (SSSR count). The molecule has 3 atom stereocenters. The molecule has 0 radical (unpaired) electrons. The van der Waals surface area contributed by atoms with Crippen molar-refractivity contribution in [2.45, 2.75) is 77.6 Å². The zero-order valence-corrected chi connectivity index (χ0v) is 23.0. The van der Waals surface area contributed by atoms with Crippen LogP contribution in [0.3, 0.4) is 0 Å². The Morgan fingerprint density at radius 1 is 0.925 bits per heavy atom. The van der Waals surface area contributed by atoms with E-state index in [2.05, 4.69) is 21.3 Å². The summed E-state index contributed by atoms with van der Waals surface area (Å²) in [6.45, 7) is 7.56. The first kappa shape index (κ1) is 34.1. The number of aliphatic hydroxyl groups is 2. The van der Waals surface area contributed by atoms with Crippen LogP contribution in [0.2, 0.25) is 0 Å². The molecule has 1 unspecified atom stereocenters. The van der Waals surface area contributed by atoms with Crippen LogP contribution >= 0.6 is 0 Å². The van der Waals surface area contributed by atoms with Crippen LogP contribution in [-0.2, 0) is 25.7 Å². The van der Waals surface area contributed by atoms with Gasteiger partial charge >= 0.3 is 18.1 Å². The number of carbonyl (C=O) groups is 5. The summed E-state index contributed by atoms with van der Waals surface area (Å²) in [7, 11) is 0. The number of primary amides is 1. The highest BCUT2D eigenvalue weighted by Gasteiger charge is 2.28. The molecule has 0 aliphatic heterocycles. The van der Waals surface area contributed by atoms with Crippen LogP contribution in [0.1, 0.15) is 46.1 Å². The van der Waals surface area contributed by atoms with E-state index in [0.29, 0.717) is 17.7 Å². The van der Waals surface area contributed by atoms with Crippen molar-refractivity contribution in [3.8, 4) is 0 Å². The number of hydrogen-bond acceptors (Lipinski definition) is 9. The SMILES string of the molecule is CC(C)N[C@H](C(=O)N[C@@H](CCCNC(N)=O)C(=O)Nc1ccc(COC(=O)NC(C(=O)O)C(O)O)cc1)C(C)C. The summed E-state index contributed by atoms with van der Waals surface area (Å²) < 4.78 is 4.89. The highest BCUT2D eigenvalue weighted by molar-refractivity contribution is 5.97. The molecule has 10 N–H and O–H groups in total. The minimum atomic E-state index is -2.32. The number of nitrogens with one attached hydrogen (secondary N) is 5. The smallest absolute Gasteiger partial charge is 0.408 e. The molecule has 0 bridgehead atoms. The van der Waals surface area contributed by atoms with Gasteiger partial charge in [0, 0.05) is 18.3 Å². The molecular weight excluding hydrogens is 528 g/mol. The number of ether oxygens (including phenoxy) is 1. The largest absolute Gasteiger partial charge is 0.480 e. The summed E-state index contributed by atoms with van der Waals surface area (Å²) >= 11 is 0. The van der Waals surface area contributed by atoms with Crippen LogP contribution < -0.4 is 32.3 Å². The number of benzene rings is 1. The van der Waals surface area contributed by atoms with E-state index in [1.165, 1.54) is 12.1 Å². The van der Waals surface area contributed by atoms with Crippen LogP contribution in [-0.4, -0.2) is 82.2 Å². The van der Waals surface area contributed by atoms with E-state index in [1.54, 1.807) is 12.1 Å². The second kappa shape index (κ2) is 16.9. The van der Waals surface area contributed by atoms with E-state index >= 15 is 0 Å². The molecule has 0 aliphatic rings. The lowest BCUT2D eigenvalue weighted by atomic mass is 10.0. The quantitative estimate of drug-likeness (QED) is 0.0920. The van der Waals surface area contributed by atoms with E-state index in [1.807, 2.05) is 33.0 Å². The second-order valence-corrected chi connectivity index (χ2v) is 9.67. The average molecular weight is 569 g/mol. The van der Waals surface area contributed by atoms with Gasteiger partial charge in [-0.15, -0.1) is 0 Å².